The molecule has 3 aromatic carbocycles. The molecule has 0 radical (unpaired) electrons. The lowest BCUT2D eigenvalue weighted by Crippen LogP contribution is -2.23. The lowest BCUT2D eigenvalue weighted by molar-refractivity contribution is -0.113. The Morgan fingerprint density at radius 3 is 2.58 bits per heavy atom. The maximum absolute atomic E-state index is 13.4. The molecule has 0 spiro atoms. The van der Waals surface area contributed by atoms with Gasteiger partial charge in [0.25, 0.3) is 5.56 Å². The molecule has 6 nitrogen and oxygen atoms in total. The van der Waals surface area contributed by atoms with E-state index in [0.717, 1.165) is 16.1 Å². The maximum atomic E-state index is 13.4. The van der Waals surface area contributed by atoms with Gasteiger partial charge >= 0.3 is 0 Å². The van der Waals surface area contributed by atoms with E-state index in [1.807, 2.05) is 61.5 Å². The van der Waals surface area contributed by atoms with Crippen LogP contribution in [0, 0.1) is 18.3 Å². The fourth-order valence-corrected chi connectivity index (χ4v) is 4.83. The maximum Gasteiger partial charge on any atom is 0.266 e. The van der Waals surface area contributed by atoms with Gasteiger partial charge in [-0.1, -0.05) is 54.2 Å². The topological polar surface area (TPSA) is 87.8 Å². The van der Waals surface area contributed by atoms with E-state index in [-0.39, 0.29) is 17.2 Å². The van der Waals surface area contributed by atoms with E-state index in [2.05, 4.69) is 11.4 Å². The van der Waals surface area contributed by atoms with Crippen LogP contribution in [-0.2, 0) is 4.79 Å². The number of nitriles is 1. The van der Waals surface area contributed by atoms with Gasteiger partial charge < -0.3 is 5.32 Å². The number of carbonyl (C=O) groups is 1. The van der Waals surface area contributed by atoms with Gasteiger partial charge in [-0.2, -0.15) is 5.26 Å². The molecule has 0 aliphatic carbocycles. The highest BCUT2D eigenvalue weighted by molar-refractivity contribution is 8.00. The van der Waals surface area contributed by atoms with Crippen molar-refractivity contribution in [3.05, 3.63) is 88.7 Å². The van der Waals surface area contributed by atoms with E-state index >= 15 is 0 Å². The predicted molar refractivity (Wildman–Crippen MR) is 134 cm³/mol. The molecule has 0 saturated carbocycles. The Morgan fingerprint density at radius 1 is 1.03 bits per heavy atom. The van der Waals surface area contributed by atoms with Crippen LogP contribution >= 0.6 is 23.5 Å². The minimum atomic E-state index is -0.219. The van der Waals surface area contributed by atoms with Crippen LogP contribution in [-0.4, -0.2) is 27.0 Å². The summed E-state index contributed by atoms with van der Waals surface area (Å²) in [5.41, 5.74) is 2.75. The fraction of sp³-hybridized carbons (Fsp3) is 0.120. The molecule has 1 amide bonds. The number of carbonyl (C=O) groups excluding carboxylic acids is 1. The molecular weight excluding hydrogens is 452 g/mol. The van der Waals surface area contributed by atoms with Crippen molar-refractivity contribution >= 4 is 46.0 Å². The van der Waals surface area contributed by atoms with Crippen molar-refractivity contribution in [2.24, 2.45) is 0 Å². The molecule has 1 heterocycles. The van der Waals surface area contributed by atoms with Gasteiger partial charge in [0.1, 0.15) is 0 Å². The SMILES string of the molecule is Cc1ccccc1-n1c(SCC(=O)Nc2ccccc2SCC#N)nc2ccccc2c1=O. The number of aryl methyl sites for hydroxylation is 1. The van der Waals surface area contributed by atoms with Crippen LogP contribution in [0.15, 0.2) is 87.6 Å². The number of hydrogen-bond donors (Lipinski definition) is 1. The van der Waals surface area contributed by atoms with Crippen LogP contribution in [0.2, 0.25) is 0 Å². The van der Waals surface area contributed by atoms with Crippen molar-refractivity contribution in [1.82, 2.24) is 9.55 Å². The van der Waals surface area contributed by atoms with E-state index < -0.39 is 0 Å². The third-order valence-corrected chi connectivity index (χ3v) is 6.77. The van der Waals surface area contributed by atoms with Crippen molar-refractivity contribution in [3.8, 4) is 11.8 Å². The zero-order valence-corrected chi connectivity index (χ0v) is 19.5. The summed E-state index contributed by atoms with van der Waals surface area (Å²) in [4.78, 5) is 31.6. The third kappa shape index (κ3) is 5.11. The van der Waals surface area contributed by atoms with Gasteiger partial charge in [-0.15, -0.1) is 11.8 Å². The number of fused-ring (bicyclic) bond motifs is 1. The average Bonchev–Trinajstić information content (AvgIpc) is 2.83. The Bertz CT molecular complexity index is 1430. The highest BCUT2D eigenvalue weighted by atomic mass is 32.2. The number of hydrogen-bond acceptors (Lipinski definition) is 6. The first-order chi connectivity index (χ1) is 16.1. The van der Waals surface area contributed by atoms with Crippen molar-refractivity contribution in [1.29, 1.82) is 5.26 Å². The van der Waals surface area contributed by atoms with Crippen LogP contribution in [0.4, 0.5) is 5.69 Å². The molecule has 4 aromatic rings. The molecule has 0 fully saturated rings. The molecule has 1 N–H and O–H groups in total. The molecule has 0 saturated heterocycles. The van der Waals surface area contributed by atoms with E-state index in [9.17, 15) is 9.59 Å². The van der Waals surface area contributed by atoms with Crippen LogP contribution < -0.4 is 10.9 Å². The second kappa shape index (κ2) is 10.4. The van der Waals surface area contributed by atoms with Crippen molar-refractivity contribution in [2.45, 2.75) is 17.0 Å². The Kier molecular flexibility index (Phi) is 7.13. The second-order valence-electron chi connectivity index (χ2n) is 7.12. The molecule has 4 rings (SSSR count). The first-order valence-corrected chi connectivity index (χ1v) is 12.1. The van der Waals surface area contributed by atoms with Crippen molar-refractivity contribution < 1.29 is 4.79 Å². The third-order valence-electron chi connectivity index (χ3n) is 4.89. The molecule has 0 unspecified atom stereocenters. The number of rotatable bonds is 7. The van der Waals surface area contributed by atoms with Crippen LogP contribution in [0.3, 0.4) is 0 Å². The Hall–Kier alpha value is -3.54. The Labute approximate surface area is 199 Å². The van der Waals surface area contributed by atoms with Gasteiger partial charge in [-0.05, 0) is 42.8 Å². The minimum Gasteiger partial charge on any atom is -0.324 e. The molecular formula is C25H20N4O2S2. The van der Waals surface area contributed by atoms with Gasteiger partial charge in [0.2, 0.25) is 5.91 Å². The standard InChI is InChI=1S/C25H20N4O2S2/c1-17-8-2-6-12-21(17)29-24(31)18-9-3-4-10-19(18)28-25(29)33-16-23(30)27-20-11-5-7-13-22(20)32-15-14-26/h2-13H,15-16H2,1H3,(H,27,30). The van der Waals surface area contributed by atoms with E-state index in [4.69, 9.17) is 10.2 Å². The van der Waals surface area contributed by atoms with Gasteiger partial charge in [0.05, 0.1) is 39.9 Å². The van der Waals surface area contributed by atoms with Gasteiger partial charge in [0.15, 0.2) is 5.16 Å². The van der Waals surface area contributed by atoms with E-state index in [0.29, 0.717) is 27.5 Å². The van der Waals surface area contributed by atoms with Crippen molar-refractivity contribution in [2.75, 3.05) is 16.8 Å². The summed E-state index contributed by atoms with van der Waals surface area (Å²) in [5, 5.41) is 12.7. The zero-order chi connectivity index (χ0) is 23.2. The fourth-order valence-electron chi connectivity index (χ4n) is 3.36. The first-order valence-electron chi connectivity index (χ1n) is 10.2. The van der Waals surface area contributed by atoms with Gasteiger partial charge in [0, 0.05) is 4.90 Å². The van der Waals surface area contributed by atoms with Gasteiger partial charge in [-0.25, -0.2) is 4.98 Å². The molecule has 33 heavy (non-hydrogen) atoms. The average molecular weight is 473 g/mol. The largest absolute Gasteiger partial charge is 0.324 e. The van der Waals surface area contributed by atoms with Crippen molar-refractivity contribution in [3.63, 3.8) is 0 Å². The highest BCUT2D eigenvalue weighted by Gasteiger charge is 2.16. The Morgan fingerprint density at radius 2 is 1.76 bits per heavy atom. The van der Waals surface area contributed by atoms with Crippen LogP contribution in [0.1, 0.15) is 5.56 Å². The quantitative estimate of drug-likeness (QED) is 0.299. The molecule has 0 aliphatic heterocycles. The van der Waals surface area contributed by atoms with Gasteiger partial charge in [-0.3, -0.25) is 14.2 Å². The lowest BCUT2D eigenvalue weighted by Gasteiger charge is -2.15. The summed E-state index contributed by atoms with van der Waals surface area (Å²) >= 11 is 2.58. The first kappa shape index (κ1) is 22.6. The Balaban J connectivity index is 1.64. The molecule has 0 atom stereocenters. The number of benzene rings is 3. The molecule has 0 bridgehead atoms. The molecule has 0 aliphatic rings. The minimum absolute atomic E-state index is 0.0773. The number of para-hydroxylation sites is 3. The second-order valence-corrected chi connectivity index (χ2v) is 9.08. The number of thioether (sulfide) groups is 2. The number of anilines is 1. The predicted octanol–water partition coefficient (Wildman–Crippen LogP) is 5.04. The zero-order valence-electron chi connectivity index (χ0n) is 17.8. The van der Waals surface area contributed by atoms with E-state index in [1.54, 1.807) is 22.8 Å². The highest BCUT2D eigenvalue weighted by Crippen LogP contribution is 2.27. The number of aromatic nitrogens is 2. The molecule has 1 aromatic heterocycles. The van der Waals surface area contributed by atoms with Crippen LogP contribution in [0.25, 0.3) is 16.6 Å². The summed E-state index contributed by atoms with van der Waals surface area (Å²) in [6.45, 7) is 1.94. The number of amides is 1. The summed E-state index contributed by atoms with van der Waals surface area (Å²) in [5.74, 6) is 0.156. The normalized spacial score (nSPS) is 10.7. The summed E-state index contributed by atoms with van der Waals surface area (Å²) in [6.07, 6.45) is 0. The van der Waals surface area contributed by atoms with Crippen LogP contribution in [0.5, 0.6) is 0 Å². The summed E-state index contributed by atoms with van der Waals surface area (Å²) < 4.78 is 1.58. The molecule has 164 valence electrons. The lowest BCUT2D eigenvalue weighted by atomic mass is 10.2. The summed E-state index contributed by atoms with van der Waals surface area (Å²) in [6, 6.07) is 24.3. The smallest absolute Gasteiger partial charge is 0.266 e. The monoisotopic (exact) mass is 472 g/mol. The molecule has 8 heteroatoms. The number of nitrogens with zero attached hydrogens (tertiary/aromatic N) is 3. The van der Waals surface area contributed by atoms with E-state index in [1.165, 1.54) is 23.5 Å². The summed E-state index contributed by atoms with van der Waals surface area (Å²) in [7, 11) is 0. The number of nitrogens with one attached hydrogen (secondary N) is 1.